The summed E-state index contributed by atoms with van der Waals surface area (Å²) in [5, 5.41) is 2.74. The number of likely N-dealkylation sites (N-methyl/N-ethyl adjacent to an activating group) is 1. The van der Waals surface area contributed by atoms with Crippen LogP contribution in [0.25, 0.3) is 0 Å². The van der Waals surface area contributed by atoms with Gasteiger partial charge in [-0.2, -0.15) is 0 Å². The third-order valence-corrected chi connectivity index (χ3v) is 5.18. The molecule has 2 aromatic rings. The van der Waals surface area contributed by atoms with Crippen LogP contribution >= 0.6 is 0 Å². The Morgan fingerprint density at radius 2 is 1.71 bits per heavy atom. The van der Waals surface area contributed by atoms with Crippen LogP contribution in [-0.2, 0) is 14.4 Å². The maximum atomic E-state index is 12.7. The second-order valence-corrected chi connectivity index (χ2v) is 7.20. The molecule has 160 valence electrons. The molecule has 0 fully saturated rings. The highest BCUT2D eigenvalue weighted by atomic mass is 16.5. The second-order valence-electron chi connectivity index (χ2n) is 7.20. The smallest absolute Gasteiger partial charge is 0.265 e. The summed E-state index contributed by atoms with van der Waals surface area (Å²) in [5.74, 6) is -0.103. The SMILES string of the molecule is CCC(=O)c1ccc2c(c1)N(CC(=O)Nc1ccc3c(c1)OCC(=O)N3C)C(=O)CO2. The summed E-state index contributed by atoms with van der Waals surface area (Å²) in [6, 6.07) is 9.82. The van der Waals surface area contributed by atoms with Crippen LogP contribution in [0.2, 0.25) is 0 Å². The maximum absolute atomic E-state index is 12.7. The van der Waals surface area contributed by atoms with Crippen LogP contribution in [-0.4, -0.2) is 50.3 Å². The summed E-state index contributed by atoms with van der Waals surface area (Å²) >= 11 is 0. The molecule has 31 heavy (non-hydrogen) atoms. The number of hydrogen-bond donors (Lipinski definition) is 1. The second kappa shape index (κ2) is 8.10. The fraction of sp³-hybridized carbons (Fsp3) is 0.273. The Bertz CT molecular complexity index is 1100. The molecule has 2 heterocycles. The van der Waals surface area contributed by atoms with E-state index in [2.05, 4.69) is 5.32 Å². The van der Waals surface area contributed by atoms with E-state index >= 15 is 0 Å². The van der Waals surface area contributed by atoms with E-state index in [-0.39, 0.29) is 37.4 Å². The summed E-state index contributed by atoms with van der Waals surface area (Å²) < 4.78 is 10.9. The fourth-order valence-corrected chi connectivity index (χ4v) is 3.45. The lowest BCUT2D eigenvalue weighted by molar-refractivity contribution is -0.123. The summed E-state index contributed by atoms with van der Waals surface area (Å²) in [5.41, 5.74) is 1.93. The number of fused-ring (bicyclic) bond motifs is 2. The van der Waals surface area contributed by atoms with Gasteiger partial charge in [0.05, 0.1) is 11.4 Å². The first kappa shape index (κ1) is 20.4. The molecule has 0 aromatic heterocycles. The fourth-order valence-electron chi connectivity index (χ4n) is 3.45. The van der Waals surface area contributed by atoms with Crippen molar-refractivity contribution in [3.63, 3.8) is 0 Å². The molecule has 0 saturated heterocycles. The van der Waals surface area contributed by atoms with Crippen molar-refractivity contribution in [2.24, 2.45) is 0 Å². The Hall–Kier alpha value is -3.88. The number of benzene rings is 2. The third kappa shape index (κ3) is 3.94. The molecule has 3 amide bonds. The Morgan fingerprint density at radius 3 is 2.48 bits per heavy atom. The topological polar surface area (TPSA) is 105 Å². The Labute approximate surface area is 178 Å². The van der Waals surface area contributed by atoms with Crippen molar-refractivity contribution in [1.29, 1.82) is 0 Å². The largest absolute Gasteiger partial charge is 0.482 e. The van der Waals surface area contributed by atoms with Crippen molar-refractivity contribution in [1.82, 2.24) is 0 Å². The number of amides is 3. The lowest BCUT2D eigenvalue weighted by Crippen LogP contribution is -2.43. The average molecular weight is 423 g/mol. The predicted molar refractivity (Wildman–Crippen MR) is 113 cm³/mol. The Morgan fingerprint density at radius 1 is 0.968 bits per heavy atom. The first-order valence-corrected chi connectivity index (χ1v) is 9.81. The van der Waals surface area contributed by atoms with Gasteiger partial charge < -0.3 is 19.7 Å². The highest BCUT2D eigenvalue weighted by Gasteiger charge is 2.28. The van der Waals surface area contributed by atoms with Crippen molar-refractivity contribution in [2.45, 2.75) is 13.3 Å². The van der Waals surface area contributed by atoms with Crippen LogP contribution in [0.4, 0.5) is 17.1 Å². The van der Waals surface area contributed by atoms with Crippen LogP contribution in [0.15, 0.2) is 36.4 Å². The minimum Gasteiger partial charge on any atom is -0.482 e. The Kier molecular flexibility index (Phi) is 5.33. The lowest BCUT2D eigenvalue weighted by Gasteiger charge is -2.29. The minimum atomic E-state index is -0.423. The molecule has 0 spiro atoms. The van der Waals surface area contributed by atoms with Gasteiger partial charge in [-0.1, -0.05) is 6.92 Å². The third-order valence-electron chi connectivity index (χ3n) is 5.18. The van der Waals surface area contributed by atoms with Gasteiger partial charge in [0.15, 0.2) is 19.0 Å². The zero-order chi connectivity index (χ0) is 22.1. The molecule has 1 N–H and O–H groups in total. The minimum absolute atomic E-state index is 0.0669. The number of ether oxygens (including phenoxy) is 2. The van der Waals surface area contributed by atoms with Gasteiger partial charge in [0, 0.05) is 30.8 Å². The van der Waals surface area contributed by atoms with Crippen LogP contribution in [0, 0.1) is 0 Å². The van der Waals surface area contributed by atoms with Gasteiger partial charge in [-0.25, -0.2) is 0 Å². The average Bonchev–Trinajstić information content (AvgIpc) is 2.77. The van der Waals surface area contributed by atoms with Gasteiger partial charge in [-0.15, -0.1) is 0 Å². The van der Waals surface area contributed by atoms with Gasteiger partial charge in [0.2, 0.25) is 5.91 Å². The number of rotatable bonds is 5. The standard InChI is InChI=1S/C22H21N3O6/c1-3-17(26)13-4-7-18-16(8-13)25(22(29)12-30-18)10-20(27)23-14-5-6-15-19(9-14)31-11-21(28)24(15)2/h4-9H,3,10-12H2,1-2H3,(H,23,27). The number of anilines is 3. The molecule has 2 aliphatic rings. The Balaban J connectivity index is 1.52. The number of hydrogen-bond acceptors (Lipinski definition) is 6. The molecule has 0 unspecified atom stereocenters. The van der Waals surface area contributed by atoms with E-state index in [1.54, 1.807) is 50.4 Å². The van der Waals surface area contributed by atoms with E-state index in [4.69, 9.17) is 9.47 Å². The van der Waals surface area contributed by atoms with E-state index in [1.165, 1.54) is 9.80 Å². The van der Waals surface area contributed by atoms with Crippen molar-refractivity contribution < 1.29 is 28.7 Å². The van der Waals surface area contributed by atoms with Gasteiger partial charge >= 0.3 is 0 Å². The highest BCUT2D eigenvalue weighted by molar-refractivity contribution is 6.06. The molecule has 0 aliphatic carbocycles. The van der Waals surface area contributed by atoms with Crippen LogP contribution in [0.5, 0.6) is 11.5 Å². The number of Topliss-reactive ketones (excluding diaryl/α,β-unsaturated/α-hetero) is 1. The first-order chi connectivity index (χ1) is 14.9. The molecule has 2 aromatic carbocycles. The number of nitrogens with one attached hydrogen (secondary N) is 1. The van der Waals surface area contributed by atoms with Crippen molar-refractivity contribution >= 4 is 40.6 Å². The van der Waals surface area contributed by atoms with E-state index < -0.39 is 5.91 Å². The predicted octanol–water partition coefficient (Wildman–Crippen LogP) is 2.00. The van der Waals surface area contributed by atoms with E-state index in [1.807, 2.05) is 0 Å². The highest BCUT2D eigenvalue weighted by Crippen LogP contribution is 2.35. The molecule has 0 saturated carbocycles. The van der Waals surface area contributed by atoms with Gasteiger partial charge in [0.25, 0.3) is 11.8 Å². The van der Waals surface area contributed by atoms with Gasteiger partial charge in [0.1, 0.15) is 18.0 Å². The molecular weight excluding hydrogens is 402 g/mol. The summed E-state index contributed by atoms with van der Waals surface area (Å²) in [6.07, 6.45) is 0.329. The van der Waals surface area contributed by atoms with E-state index in [0.29, 0.717) is 40.5 Å². The summed E-state index contributed by atoms with van der Waals surface area (Å²) in [4.78, 5) is 51.7. The van der Waals surface area contributed by atoms with Crippen molar-refractivity contribution in [3.05, 3.63) is 42.0 Å². The molecule has 0 atom stereocenters. The van der Waals surface area contributed by atoms with Gasteiger partial charge in [-0.05, 0) is 30.3 Å². The number of ketones is 1. The molecule has 4 rings (SSSR count). The monoisotopic (exact) mass is 423 g/mol. The van der Waals surface area contributed by atoms with E-state index in [9.17, 15) is 19.2 Å². The van der Waals surface area contributed by atoms with Crippen LogP contribution in [0.3, 0.4) is 0 Å². The van der Waals surface area contributed by atoms with E-state index in [0.717, 1.165) is 0 Å². The van der Waals surface area contributed by atoms with Crippen molar-refractivity contribution in [3.8, 4) is 11.5 Å². The zero-order valence-corrected chi connectivity index (χ0v) is 17.1. The summed E-state index contributed by atoms with van der Waals surface area (Å²) in [7, 11) is 1.65. The normalized spacial score (nSPS) is 14.9. The number of carbonyl (C=O) groups is 4. The van der Waals surface area contributed by atoms with Gasteiger partial charge in [-0.3, -0.25) is 24.1 Å². The zero-order valence-electron chi connectivity index (χ0n) is 17.1. The van der Waals surface area contributed by atoms with Crippen LogP contribution < -0.4 is 24.6 Å². The molecular formula is C22H21N3O6. The molecule has 2 aliphatic heterocycles. The lowest BCUT2D eigenvalue weighted by atomic mass is 10.1. The molecule has 9 heteroatoms. The quantitative estimate of drug-likeness (QED) is 0.738. The maximum Gasteiger partial charge on any atom is 0.265 e. The molecule has 0 bridgehead atoms. The summed E-state index contributed by atoms with van der Waals surface area (Å²) in [6.45, 7) is 1.26. The van der Waals surface area contributed by atoms with Crippen molar-refractivity contribution in [2.75, 3.05) is 41.9 Å². The first-order valence-electron chi connectivity index (χ1n) is 9.81. The number of nitrogens with zero attached hydrogens (tertiary/aromatic N) is 2. The number of carbonyl (C=O) groups excluding carboxylic acids is 4. The van der Waals surface area contributed by atoms with Crippen LogP contribution in [0.1, 0.15) is 23.7 Å². The molecule has 0 radical (unpaired) electrons. The molecule has 9 nitrogen and oxygen atoms in total.